The fourth-order valence-corrected chi connectivity index (χ4v) is 1.87. The maximum Gasteiger partial charge on any atom is 0.255 e. The lowest BCUT2D eigenvalue weighted by atomic mass is 10.1. The van der Waals surface area contributed by atoms with Crippen LogP contribution < -0.4 is 5.32 Å². The standard InChI is InChI=1S/C13H18ClNO2/c1-9(6-7-14)8-15-13(17)11-5-3-4-10(2)12(11)16/h3-5,9,16H,6-8H2,1-2H3,(H,15,17). The van der Waals surface area contributed by atoms with Crippen molar-refractivity contribution in [3.05, 3.63) is 29.3 Å². The molecule has 1 aromatic carbocycles. The minimum Gasteiger partial charge on any atom is -0.507 e. The molecule has 0 fully saturated rings. The van der Waals surface area contributed by atoms with Crippen LogP contribution in [0.5, 0.6) is 5.75 Å². The maximum atomic E-state index is 11.8. The number of alkyl halides is 1. The van der Waals surface area contributed by atoms with E-state index >= 15 is 0 Å². The average Bonchev–Trinajstić information content (AvgIpc) is 2.30. The fraction of sp³-hybridized carbons (Fsp3) is 0.462. The fourth-order valence-electron chi connectivity index (χ4n) is 1.49. The Hall–Kier alpha value is -1.22. The van der Waals surface area contributed by atoms with E-state index in [4.69, 9.17) is 11.6 Å². The summed E-state index contributed by atoms with van der Waals surface area (Å²) >= 11 is 5.62. The van der Waals surface area contributed by atoms with Crippen molar-refractivity contribution in [3.63, 3.8) is 0 Å². The molecule has 4 heteroatoms. The first-order valence-electron chi connectivity index (χ1n) is 5.69. The van der Waals surface area contributed by atoms with Gasteiger partial charge < -0.3 is 10.4 Å². The van der Waals surface area contributed by atoms with Crippen LogP contribution in [0.25, 0.3) is 0 Å². The van der Waals surface area contributed by atoms with Gasteiger partial charge in [0.2, 0.25) is 0 Å². The van der Waals surface area contributed by atoms with Gasteiger partial charge >= 0.3 is 0 Å². The van der Waals surface area contributed by atoms with Crippen LogP contribution in [-0.4, -0.2) is 23.4 Å². The second-order valence-electron chi connectivity index (χ2n) is 4.26. The Morgan fingerprint density at radius 1 is 1.53 bits per heavy atom. The zero-order chi connectivity index (χ0) is 12.8. The summed E-state index contributed by atoms with van der Waals surface area (Å²) < 4.78 is 0. The van der Waals surface area contributed by atoms with Crippen LogP contribution in [0.1, 0.15) is 29.3 Å². The lowest BCUT2D eigenvalue weighted by Gasteiger charge is -2.12. The van der Waals surface area contributed by atoms with Crippen molar-refractivity contribution < 1.29 is 9.90 Å². The normalized spacial score (nSPS) is 12.2. The van der Waals surface area contributed by atoms with Crippen molar-refractivity contribution in [1.82, 2.24) is 5.32 Å². The minimum absolute atomic E-state index is 0.0509. The summed E-state index contributed by atoms with van der Waals surface area (Å²) in [4.78, 5) is 11.8. The van der Waals surface area contributed by atoms with Gasteiger partial charge in [-0.1, -0.05) is 19.1 Å². The van der Waals surface area contributed by atoms with Crippen molar-refractivity contribution in [2.75, 3.05) is 12.4 Å². The molecule has 1 atom stereocenters. The lowest BCUT2D eigenvalue weighted by molar-refractivity contribution is 0.0945. The summed E-state index contributed by atoms with van der Waals surface area (Å²) in [6.45, 7) is 4.36. The zero-order valence-electron chi connectivity index (χ0n) is 10.2. The smallest absolute Gasteiger partial charge is 0.255 e. The lowest BCUT2D eigenvalue weighted by Crippen LogP contribution is -2.28. The number of phenols is 1. The molecule has 3 nitrogen and oxygen atoms in total. The van der Waals surface area contributed by atoms with Gasteiger partial charge in [0, 0.05) is 12.4 Å². The van der Waals surface area contributed by atoms with E-state index in [0.29, 0.717) is 29.5 Å². The molecule has 0 spiro atoms. The van der Waals surface area contributed by atoms with Crippen LogP contribution in [0.2, 0.25) is 0 Å². The van der Waals surface area contributed by atoms with Gasteiger partial charge in [0.15, 0.2) is 0 Å². The number of carbonyl (C=O) groups is 1. The van der Waals surface area contributed by atoms with Crippen molar-refractivity contribution in [3.8, 4) is 5.75 Å². The molecule has 0 saturated heterocycles. The Balaban J connectivity index is 2.61. The second kappa shape index (κ2) is 6.50. The number of carbonyl (C=O) groups excluding carboxylic acids is 1. The molecule has 2 N–H and O–H groups in total. The molecule has 0 aliphatic rings. The average molecular weight is 256 g/mol. The number of hydrogen-bond donors (Lipinski definition) is 2. The molecular weight excluding hydrogens is 238 g/mol. The summed E-state index contributed by atoms with van der Waals surface area (Å²) in [5, 5.41) is 12.5. The molecule has 0 radical (unpaired) electrons. The minimum atomic E-state index is -0.243. The van der Waals surface area contributed by atoms with Crippen molar-refractivity contribution >= 4 is 17.5 Å². The molecule has 94 valence electrons. The molecule has 1 aromatic rings. The Bertz CT molecular complexity index is 393. The number of hydrogen-bond acceptors (Lipinski definition) is 2. The van der Waals surface area contributed by atoms with Crippen molar-refractivity contribution in [1.29, 1.82) is 0 Å². The predicted octanol–water partition coefficient (Wildman–Crippen LogP) is 2.70. The van der Waals surface area contributed by atoms with Gasteiger partial charge in [-0.2, -0.15) is 0 Å². The summed E-state index contributed by atoms with van der Waals surface area (Å²) in [6.07, 6.45) is 0.863. The maximum absolute atomic E-state index is 11.8. The van der Waals surface area contributed by atoms with E-state index in [-0.39, 0.29) is 11.7 Å². The van der Waals surface area contributed by atoms with E-state index in [1.807, 2.05) is 6.92 Å². The van der Waals surface area contributed by atoms with Gasteiger partial charge in [0.05, 0.1) is 5.56 Å². The van der Waals surface area contributed by atoms with Gasteiger partial charge in [-0.15, -0.1) is 11.6 Å². The predicted molar refractivity (Wildman–Crippen MR) is 69.7 cm³/mol. The molecule has 1 amide bonds. The number of halogens is 1. The highest BCUT2D eigenvalue weighted by Gasteiger charge is 2.12. The highest BCUT2D eigenvalue weighted by Crippen LogP contribution is 2.21. The van der Waals surface area contributed by atoms with Gasteiger partial charge in [-0.05, 0) is 30.9 Å². The van der Waals surface area contributed by atoms with E-state index in [9.17, 15) is 9.90 Å². The summed E-state index contributed by atoms with van der Waals surface area (Å²) in [5.41, 5.74) is 1.02. The third kappa shape index (κ3) is 3.93. The highest BCUT2D eigenvalue weighted by molar-refractivity contribution is 6.17. The second-order valence-corrected chi connectivity index (χ2v) is 4.64. The SMILES string of the molecule is Cc1cccc(C(=O)NCC(C)CCCl)c1O. The third-order valence-corrected chi connectivity index (χ3v) is 2.91. The molecule has 0 aliphatic carbocycles. The molecule has 0 bridgehead atoms. The number of benzene rings is 1. The first kappa shape index (κ1) is 13.8. The number of rotatable bonds is 5. The molecule has 0 saturated carbocycles. The van der Waals surface area contributed by atoms with Crippen LogP contribution in [0.15, 0.2) is 18.2 Å². The molecule has 0 heterocycles. The van der Waals surface area contributed by atoms with Crippen LogP contribution >= 0.6 is 11.6 Å². The number of aryl methyl sites for hydroxylation is 1. The van der Waals surface area contributed by atoms with Gasteiger partial charge in [-0.3, -0.25) is 4.79 Å². The number of nitrogens with one attached hydrogen (secondary N) is 1. The van der Waals surface area contributed by atoms with E-state index in [1.54, 1.807) is 25.1 Å². The molecule has 1 unspecified atom stereocenters. The summed E-state index contributed by atoms with van der Waals surface area (Å²) in [7, 11) is 0. The quantitative estimate of drug-likeness (QED) is 0.795. The van der Waals surface area contributed by atoms with Gasteiger partial charge in [-0.25, -0.2) is 0 Å². The largest absolute Gasteiger partial charge is 0.507 e. The van der Waals surface area contributed by atoms with E-state index < -0.39 is 0 Å². The van der Waals surface area contributed by atoms with Gasteiger partial charge in [0.1, 0.15) is 5.75 Å². The number of para-hydroxylation sites is 1. The van der Waals surface area contributed by atoms with Crippen LogP contribution in [-0.2, 0) is 0 Å². The topological polar surface area (TPSA) is 49.3 Å². The van der Waals surface area contributed by atoms with Crippen LogP contribution in [0.4, 0.5) is 0 Å². The molecular formula is C13H18ClNO2. The van der Waals surface area contributed by atoms with E-state index in [0.717, 1.165) is 6.42 Å². The number of amides is 1. The van der Waals surface area contributed by atoms with Crippen LogP contribution in [0, 0.1) is 12.8 Å². The van der Waals surface area contributed by atoms with Gasteiger partial charge in [0.25, 0.3) is 5.91 Å². The first-order chi connectivity index (χ1) is 8.06. The highest BCUT2D eigenvalue weighted by atomic mass is 35.5. The summed E-state index contributed by atoms with van der Waals surface area (Å²) in [5.74, 6) is 0.734. The summed E-state index contributed by atoms with van der Waals surface area (Å²) in [6, 6.07) is 5.14. The number of aromatic hydroxyl groups is 1. The van der Waals surface area contributed by atoms with Crippen molar-refractivity contribution in [2.24, 2.45) is 5.92 Å². The molecule has 17 heavy (non-hydrogen) atoms. The van der Waals surface area contributed by atoms with E-state index in [2.05, 4.69) is 5.32 Å². The number of phenolic OH excluding ortho intramolecular Hbond substituents is 1. The van der Waals surface area contributed by atoms with Crippen molar-refractivity contribution in [2.45, 2.75) is 20.3 Å². The molecule has 0 aromatic heterocycles. The Morgan fingerprint density at radius 3 is 2.88 bits per heavy atom. The van der Waals surface area contributed by atoms with Crippen LogP contribution in [0.3, 0.4) is 0 Å². The first-order valence-corrected chi connectivity index (χ1v) is 6.22. The Kier molecular flexibility index (Phi) is 5.29. The molecule has 0 aliphatic heterocycles. The Morgan fingerprint density at radius 2 is 2.24 bits per heavy atom. The van der Waals surface area contributed by atoms with E-state index in [1.165, 1.54) is 0 Å². The zero-order valence-corrected chi connectivity index (χ0v) is 10.9. The third-order valence-electron chi connectivity index (χ3n) is 2.70. The molecule has 1 rings (SSSR count). The monoisotopic (exact) mass is 255 g/mol. The Labute approximate surface area is 107 Å².